The Morgan fingerprint density at radius 1 is 1.44 bits per heavy atom. The number of likely N-dealkylation sites (N-methyl/N-ethyl adjacent to an activating group) is 1. The van der Waals surface area contributed by atoms with Crippen LogP contribution in [-0.2, 0) is 4.79 Å². The molecule has 1 heterocycles. The Kier molecular flexibility index (Phi) is 4.74. The zero-order valence-corrected chi connectivity index (χ0v) is 11.0. The zero-order valence-electron chi connectivity index (χ0n) is 11.0. The Labute approximate surface area is 98.8 Å². The fraction of sp³-hybridized carbons (Fsp3) is 0.917. The Balaban J connectivity index is 2.20. The third-order valence-corrected chi connectivity index (χ3v) is 2.86. The molecule has 0 radical (unpaired) electrons. The third kappa shape index (κ3) is 4.94. The average molecular weight is 227 g/mol. The second-order valence-corrected chi connectivity index (χ2v) is 5.55. The number of hydrogen-bond acceptors (Lipinski definition) is 3. The first-order valence-corrected chi connectivity index (χ1v) is 6.17. The van der Waals surface area contributed by atoms with Crippen molar-refractivity contribution in [1.82, 2.24) is 15.5 Å². The van der Waals surface area contributed by atoms with Gasteiger partial charge >= 0.3 is 0 Å². The van der Waals surface area contributed by atoms with Crippen LogP contribution in [-0.4, -0.2) is 48.6 Å². The molecule has 0 aromatic heterocycles. The lowest BCUT2D eigenvalue weighted by atomic mass is 10.1. The predicted octanol–water partition coefficient (Wildman–Crippen LogP) is 0.585. The minimum atomic E-state index is 0.00245. The van der Waals surface area contributed by atoms with E-state index in [-0.39, 0.29) is 11.4 Å². The number of carbonyl (C=O) groups excluding carboxylic acids is 1. The number of nitrogens with one attached hydrogen (secondary N) is 2. The van der Waals surface area contributed by atoms with E-state index < -0.39 is 0 Å². The highest BCUT2D eigenvalue weighted by Gasteiger charge is 2.22. The van der Waals surface area contributed by atoms with Crippen molar-refractivity contribution in [3.8, 4) is 0 Å². The van der Waals surface area contributed by atoms with Crippen LogP contribution in [0.3, 0.4) is 0 Å². The molecule has 4 heteroatoms. The van der Waals surface area contributed by atoms with Crippen molar-refractivity contribution in [3.05, 3.63) is 0 Å². The van der Waals surface area contributed by atoms with Gasteiger partial charge in [0.05, 0.1) is 6.54 Å². The van der Waals surface area contributed by atoms with E-state index in [2.05, 4.69) is 43.2 Å². The molecule has 0 unspecified atom stereocenters. The molecule has 0 aromatic rings. The minimum absolute atomic E-state index is 0.00245. The first-order valence-electron chi connectivity index (χ1n) is 6.17. The quantitative estimate of drug-likeness (QED) is 0.738. The van der Waals surface area contributed by atoms with Gasteiger partial charge in [-0.2, -0.15) is 0 Å². The van der Waals surface area contributed by atoms with Gasteiger partial charge in [0.15, 0.2) is 0 Å². The van der Waals surface area contributed by atoms with Crippen LogP contribution in [0.2, 0.25) is 0 Å². The largest absolute Gasteiger partial charge is 0.351 e. The van der Waals surface area contributed by atoms with E-state index in [9.17, 15) is 4.79 Å². The van der Waals surface area contributed by atoms with Crippen LogP contribution in [0.15, 0.2) is 0 Å². The second-order valence-electron chi connectivity index (χ2n) is 5.55. The van der Waals surface area contributed by atoms with Crippen LogP contribution in [0.5, 0.6) is 0 Å². The summed E-state index contributed by atoms with van der Waals surface area (Å²) in [5.74, 6) is 0.109. The Bertz CT molecular complexity index is 235. The average Bonchev–Trinajstić information content (AvgIpc) is 2.61. The van der Waals surface area contributed by atoms with Gasteiger partial charge in [-0.05, 0) is 33.7 Å². The molecule has 0 aromatic carbocycles. The molecular weight excluding hydrogens is 202 g/mol. The number of rotatable bonds is 4. The first-order chi connectivity index (χ1) is 7.40. The molecule has 94 valence electrons. The maximum Gasteiger partial charge on any atom is 0.234 e. The van der Waals surface area contributed by atoms with Crippen molar-refractivity contribution in [2.45, 2.75) is 45.7 Å². The predicted molar refractivity (Wildman–Crippen MR) is 66.4 cm³/mol. The minimum Gasteiger partial charge on any atom is -0.351 e. The maximum absolute atomic E-state index is 11.6. The Morgan fingerprint density at radius 3 is 2.62 bits per heavy atom. The molecule has 2 N–H and O–H groups in total. The third-order valence-electron chi connectivity index (χ3n) is 2.86. The van der Waals surface area contributed by atoms with Gasteiger partial charge in [-0.1, -0.05) is 6.92 Å². The van der Waals surface area contributed by atoms with Gasteiger partial charge in [0.25, 0.3) is 0 Å². The van der Waals surface area contributed by atoms with Crippen molar-refractivity contribution >= 4 is 5.91 Å². The van der Waals surface area contributed by atoms with Gasteiger partial charge in [-0.25, -0.2) is 0 Å². The molecule has 1 fully saturated rings. The summed E-state index contributed by atoms with van der Waals surface area (Å²) in [6, 6.07) is 0.342. The molecule has 1 aliphatic rings. The van der Waals surface area contributed by atoms with Gasteiger partial charge in [0.1, 0.15) is 0 Å². The molecule has 16 heavy (non-hydrogen) atoms. The maximum atomic E-state index is 11.6. The van der Waals surface area contributed by atoms with E-state index in [0.29, 0.717) is 12.6 Å². The van der Waals surface area contributed by atoms with Gasteiger partial charge in [0, 0.05) is 24.7 Å². The van der Waals surface area contributed by atoms with Crippen molar-refractivity contribution in [3.63, 3.8) is 0 Å². The van der Waals surface area contributed by atoms with Crippen LogP contribution in [0.1, 0.15) is 34.1 Å². The second kappa shape index (κ2) is 5.64. The van der Waals surface area contributed by atoms with Gasteiger partial charge in [0.2, 0.25) is 5.91 Å². The van der Waals surface area contributed by atoms with E-state index >= 15 is 0 Å². The highest BCUT2D eigenvalue weighted by molar-refractivity contribution is 5.78. The molecule has 1 atom stereocenters. The number of nitrogens with zero attached hydrogens (tertiary/aromatic N) is 1. The van der Waals surface area contributed by atoms with Crippen LogP contribution < -0.4 is 10.6 Å². The summed E-state index contributed by atoms with van der Waals surface area (Å²) in [5.41, 5.74) is 0.00245. The summed E-state index contributed by atoms with van der Waals surface area (Å²) in [4.78, 5) is 14.0. The SMILES string of the molecule is CCN1CC[C@H](NC(=O)CNC(C)(C)C)C1. The molecule has 1 rings (SSSR count). The zero-order chi connectivity index (χ0) is 12.2. The van der Waals surface area contributed by atoms with Crippen molar-refractivity contribution < 1.29 is 4.79 Å². The van der Waals surface area contributed by atoms with Crippen molar-refractivity contribution in [2.24, 2.45) is 0 Å². The van der Waals surface area contributed by atoms with Crippen LogP contribution in [0.25, 0.3) is 0 Å². The summed E-state index contributed by atoms with van der Waals surface area (Å²) >= 11 is 0. The van der Waals surface area contributed by atoms with E-state index in [0.717, 1.165) is 26.1 Å². The normalized spacial score (nSPS) is 22.4. The summed E-state index contributed by atoms with van der Waals surface area (Å²) in [6.07, 6.45) is 1.08. The molecule has 0 aliphatic carbocycles. The number of hydrogen-bond donors (Lipinski definition) is 2. The lowest BCUT2D eigenvalue weighted by Gasteiger charge is -2.21. The molecule has 0 spiro atoms. The van der Waals surface area contributed by atoms with Crippen LogP contribution >= 0.6 is 0 Å². The summed E-state index contributed by atoms with van der Waals surface area (Å²) in [6.45, 7) is 11.9. The van der Waals surface area contributed by atoms with Crippen LogP contribution in [0.4, 0.5) is 0 Å². The Hall–Kier alpha value is -0.610. The van der Waals surface area contributed by atoms with Gasteiger partial charge in [-0.3, -0.25) is 4.79 Å². The van der Waals surface area contributed by atoms with Gasteiger partial charge in [-0.15, -0.1) is 0 Å². The summed E-state index contributed by atoms with van der Waals surface area (Å²) < 4.78 is 0. The van der Waals surface area contributed by atoms with Crippen molar-refractivity contribution in [2.75, 3.05) is 26.2 Å². The van der Waals surface area contributed by atoms with E-state index in [1.54, 1.807) is 0 Å². The fourth-order valence-corrected chi connectivity index (χ4v) is 1.86. The lowest BCUT2D eigenvalue weighted by molar-refractivity contribution is -0.121. The smallest absolute Gasteiger partial charge is 0.234 e. The van der Waals surface area contributed by atoms with E-state index in [1.165, 1.54) is 0 Å². The molecule has 0 saturated carbocycles. The fourth-order valence-electron chi connectivity index (χ4n) is 1.86. The van der Waals surface area contributed by atoms with Gasteiger partial charge < -0.3 is 15.5 Å². The van der Waals surface area contributed by atoms with Crippen molar-refractivity contribution in [1.29, 1.82) is 0 Å². The Morgan fingerprint density at radius 2 is 2.12 bits per heavy atom. The molecule has 1 saturated heterocycles. The number of likely N-dealkylation sites (tertiary alicyclic amines) is 1. The lowest BCUT2D eigenvalue weighted by Crippen LogP contribution is -2.46. The summed E-state index contributed by atoms with van der Waals surface area (Å²) in [7, 11) is 0. The monoisotopic (exact) mass is 227 g/mol. The number of amides is 1. The van der Waals surface area contributed by atoms with E-state index in [1.807, 2.05) is 0 Å². The molecule has 1 amide bonds. The highest BCUT2D eigenvalue weighted by Crippen LogP contribution is 2.07. The van der Waals surface area contributed by atoms with E-state index in [4.69, 9.17) is 0 Å². The molecule has 1 aliphatic heterocycles. The first kappa shape index (κ1) is 13.5. The highest BCUT2D eigenvalue weighted by atomic mass is 16.2. The number of carbonyl (C=O) groups is 1. The molecule has 0 bridgehead atoms. The molecule has 4 nitrogen and oxygen atoms in total. The topological polar surface area (TPSA) is 44.4 Å². The summed E-state index contributed by atoms with van der Waals surface area (Å²) in [5, 5.41) is 6.27. The standard InChI is InChI=1S/C12H25N3O/c1-5-15-7-6-10(9-15)14-11(16)8-13-12(2,3)4/h10,13H,5-9H2,1-4H3,(H,14,16)/t10-/m0/s1. The molecular formula is C12H25N3O. The van der Waals surface area contributed by atoms with Crippen LogP contribution in [0, 0.1) is 0 Å².